The van der Waals surface area contributed by atoms with E-state index in [2.05, 4.69) is 23.4 Å². The van der Waals surface area contributed by atoms with Gasteiger partial charge in [0.25, 0.3) is 11.5 Å². The normalized spacial score (nSPS) is 20.7. The summed E-state index contributed by atoms with van der Waals surface area (Å²) in [5.41, 5.74) is 6.10. The number of nitrogens with one attached hydrogen (secondary N) is 1. The number of fused-ring (bicyclic) bond motifs is 1. The van der Waals surface area contributed by atoms with E-state index in [-0.39, 0.29) is 41.1 Å². The minimum atomic E-state index is -0.670. The van der Waals surface area contributed by atoms with E-state index in [1.165, 1.54) is 4.52 Å². The van der Waals surface area contributed by atoms with E-state index in [1.54, 1.807) is 4.57 Å². The maximum Gasteiger partial charge on any atom is 0.291 e. The molecule has 4 N–H and O–H groups in total. The van der Waals surface area contributed by atoms with Gasteiger partial charge in [-0.05, 0) is 49.9 Å². The molecular formula is C24H34ClN5O5. The second kappa shape index (κ2) is 10.2. The minimum Gasteiger partial charge on any atom is -0.494 e. The third-order valence-corrected chi connectivity index (χ3v) is 7.25. The summed E-state index contributed by atoms with van der Waals surface area (Å²) in [6, 6.07) is 0.0455. The Morgan fingerprint density at radius 3 is 2.51 bits per heavy atom. The molecule has 2 aliphatic heterocycles. The molecule has 2 aromatic rings. The van der Waals surface area contributed by atoms with Crippen molar-refractivity contribution in [1.82, 2.24) is 19.5 Å². The molecule has 4 heterocycles. The number of amides is 1. The van der Waals surface area contributed by atoms with Gasteiger partial charge >= 0.3 is 0 Å². The van der Waals surface area contributed by atoms with E-state index in [0.29, 0.717) is 50.1 Å². The van der Waals surface area contributed by atoms with Crippen LogP contribution in [-0.4, -0.2) is 57.7 Å². The van der Waals surface area contributed by atoms with E-state index < -0.39 is 11.5 Å². The van der Waals surface area contributed by atoms with Crippen LogP contribution in [0.1, 0.15) is 61.4 Å². The minimum absolute atomic E-state index is 0. The molecule has 1 saturated carbocycles. The molecule has 0 atom stereocenters. The zero-order valence-electron chi connectivity index (χ0n) is 20.0. The zero-order chi connectivity index (χ0) is 23.9. The first-order valence-electron chi connectivity index (χ1n) is 12.1. The van der Waals surface area contributed by atoms with Gasteiger partial charge in [-0.3, -0.25) is 14.2 Å². The smallest absolute Gasteiger partial charge is 0.291 e. The van der Waals surface area contributed by atoms with Crippen LogP contribution in [-0.2, 0) is 16.0 Å². The summed E-state index contributed by atoms with van der Waals surface area (Å²) in [7, 11) is 0. The standard InChI is InChI=1S/C24H33N5O5.ClH/c1-24(8-12-34-13-9-24)14-28-21-17(5-2-15-6-10-33-11-7-15)19(25)27-29(21)23(32)18(22(28)31)20(30)26-16-3-4-16;/h2,5,15-16,31H,3-4,6-14H2,1H3,(H2,25,27)(H,26,30);1H/b5-2+;. The Balaban J connectivity index is 0.00000289. The Morgan fingerprint density at radius 1 is 1.20 bits per heavy atom. The summed E-state index contributed by atoms with van der Waals surface area (Å²) in [5, 5.41) is 18.4. The fourth-order valence-corrected chi connectivity index (χ4v) is 4.81. The van der Waals surface area contributed by atoms with Crippen LogP contribution >= 0.6 is 12.4 Å². The van der Waals surface area contributed by atoms with Crippen molar-refractivity contribution in [2.75, 3.05) is 32.2 Å². The van der Waals surface area contributed by atoms with Crippen LogP contribution in [0.2, 0.25) is 0 Å². The predicted molar refractivity (Wildman–Crippen MR) is 134 cm³/mol. The zero-order valence-corrected chi connectivity index (χ0v) is 20.8. The largest absolute Gasteiger partial charge is 0.494 e. The molecule has 0 radical (unpaired) electrons. The SMILES string of the molecule is CC1(Cn2c(O)c(C(=O)NC3CC3)c(=O)n3nc(N)c(/C=C/C4CCOCC4)c23)CCOCC1.Cl. The van der Waals surface area contributed by atoms with Crippen molar-refractivity contribution in [3.8, 4) is 5.88 Å². The number of ether oxygens (including phenoxy) is 2. The van der Waals surface area contributed by atoms with Gasteiger partial charge in [-0.2, -0.15) is 4.52 Å². The van der Waals surface area contributed by atoms with E-state index >= 15 is 0 Å². The number of aromatic nitrogens is 3. The predicted octanol–water partition coefficient (Wildman–Crippen LogP) is 2.35. The number of anilines is 1. The summed E-state index contributed by atoms with van der Waals surface area (Å²) < 4.78 is 13.8. The van der Waals surface area contributed by atoms with E-state index in [4.69, 9.17) is 15.2 Å². The van der Waals surface area contributed by atoms with Gasteiger partial charge in [-0.1, -0.05) is 19.1 Å². The van der Waals surface area contributed by atoms with Crippen LogP contribution in [0.4, 0.5) is 5.82 Å². The molecular weight excluding hydrogens is 474 g/mol. The summed E-state index contributed by atoms with van der Waals surface area (Å²) in [5.74, 6) is -0.394. The molecule has 192 valence electrons. The monoisotopic (exact) mass is 507 g/mol. The number of nitrogens with zero attached hydrogens (tertiary/aromatic N) is 3. The number of hydrogen-bond donors (Lipinski definition) is 3. The number of aromatic hydroxyl groups is 1. The first kappa shape index (κ1) is 25.5. The number of allylic oxidation sites excluding steroid dienone is 1. The number of rotatable bonds is 6. The molecule has 3 fully saturated rings. The quantitative estimate of drug-likeness (QED) is 0.546. The Kier molecular flexibility index (Phi) is 7.44. The average molecular weight is 508 g/mol. The van der Waals surface area contributed by atoms with E-state index in [0.717, 1.165) is 38.5 Å². The second-order valence-corrected chi connectivity index (χ2v) is 10.1. The van der Waals surface area contributed by atoms with Crippen LogP contribution in [0, 0.1) is 11.3 Å². The van der Waals surface area contributed by atoms with Crippen LogP contribution in [0.3, 0.4) is 0 Å². The highest BCUT2D eigenvalue weighted by Crippen LogP contribution is 2.35. The van der Waals surface area contributed by atoms with Crippen LogP contribution in [0.15, 0.2) is 10.9 Å². The average Bonchev–Trinajstić information content (AvgIpc) is 3.57. The van der Waals surface area contributed by atoms with Gasteiger partial charge in [0.2, 0.25) is 5.88 Å². The molecule has 0 bridgehead atoms. The molecule has 0 spiro atoms. The lowest BCUT2D eigenvalue weighted by molar-refractivity contribution is 0.0149. The molecule has 1 aliphatic carbocycles. The highest BCUT2D eigenvalue weighted by molar-refractivity contribution is 5.97. The van der Waals surface area contributed by atoms with Gasteiger partial charge in [0.1, 0.15) is 0 Å². The Labute approximate surface area is 209 Å². The number of carbonyl (C=O) groups excluding carboxylic acids is 1. The Hall–Kier alpha value is -2.56. The molecule has 1 amide bonds. The van der Waals surface area contributed by atoms with Gasteiger partial charge in [0.05, 0.1) is 5.56 Å². The Morgan fingerprint density at radius 2 is 1.86 bits per heavy atom. The first-order chi connectivity index (χ1) is 16.4. The van der Waals surface area contributed by atoms with E-state index in [1.807, 2.05) is 6.08 Å². The van der Waals surface area contributed by atoms with Crippen molar-refractivity contribution in [2.45, 2.75) is 58.0 Å². The lowest BCUT2D eigenvalue weighted by Crippen LogP contribution is -2.36. The summed E-state index contributed by atoms with van der Waals surface area (Å²) in [6.07, 6.45) is 9.13. The van der Waals surface area contributed by atoms with Crippen molar-refractivity contribution in [1.29, 1.82) is 0 Å². The van der Waals surface area contributed by atoms with Crippen molar-refractivity contribution in [3.05, 3.63) is 27.6 Å². The maximum atomic E-state index is 13.3. The Bertz CT molecular complexity index is 1170. The number of carbonyl (C=O) groups is 1. The molecule has 3 aliphatic rings. The highest BCUT2D eigenvalue weighted by atomic mass is 35.5. The van der Waals surface area contributed by atoms with E-state index in [9.17, 15) is 14.7 Å². The number of hydrogen-bond acceptors (Lipinski definition) is 7. The fourth-order valence-electron chi connectivity index (χ4n) is 4.81. The molecule has 5 rings (SSSR count). The molecule has 11 heteroatoms. The highest BCUT2D eigenvalue weighted by Gasteiger charge is 2.34. The third kappa shape index (κ3) is 5.19. The van der Waals surface area contributed by atoms with Gasteiger partial charge in [-0.25, -0.2) is 0 Å². The third-order valence-electron chi connectivity index (χ3n) is 7.25. The summed E-state index contributed by atoms with van der Waals surface area (Å²) in [6.45, 7) is 5.21. The molecule has 10 nitrogen and oxygen atoms in total. The fraction of sp³-hybridized carbons (Fsp3) is 0.625. The maximum absolute atomic E-state index is 13.3. The van der Waals surface area contributed by atoms with Crippen LogP contribution < -0.4 is 16.6 Å². The van der Waals surface area contributed by atoms with Gasteiger partial charge < -0.3 is 25.6 Å². The second-order valence-electron chi connectivity index (χ2n) is 10.1. The van der Waals surface area contributed by atoms with Crippen molar-refractivity contribution < 1.29 is 19.4 Å². The summed E-state index contributed by atoms with van der Waals surface area (Å²) >= 11 is 0. The van der Waals surface area contributed by atoms with Crippen molar-refractivity contribution >= 4 is 35.9 Å². The molecule has 0 aromatic carbocycles. The topological polar surface area (TPSA) is 133 Å². The summed E-state index contributed by atoms with van der Waals surface area (Å²) in [4.78, 5) is 26.3. The number of nitrogens with two attached hydrogens (primary N) is 1. The lowest BCUT2D eigenvalue weighted by Gasteiger charge is -2.34. The van der Waals surface area contributed by atoms with Crippen molar-refractivity contribution in [3.63, 3.8) is 0 Å². The van der Waals surface area contributed by atoms with Gasteiger partial charge in [-0.15, -0.1) is 17.5 Å². The first-order valence-corrected chi connectivity index (χ1v) is 12.1. The number of halogens is 1. The van der Waals surface area contributed by atoms with Crippen LogP contribution in [0.5, 0.6) is 5.88 Å². The van der Waals surface area contributed by atoms with Crippen molar-refractivity contribution in [2.24, 2.45) is 11.3 Å². The molecule has 2 saturated heterocycles. The lowest BCUT2D eigenvalue weighted by atomic mass is 9.82. The molecule has 2 aromatic heterocycles. The van der Waals surface area contributed by atoms with Gasteiger partial charge in [0.15, 0.2) is 17.0 Å². The number of nitrogen functional groups attached to an aromatic ring is 1. The molecule has 35 heavy (non-hydrogen) atoms. The van der Waals surface area contributed by atoms with Crippen LogP contribution in [0.25, 0.3) is 11.7 Å². The van der Waals surface area contributed by atoms with Gasteiger partial charge in [0, 0.05) is 39.0 Å². The molecule has 0 unspecified atom stereocenters.